The topological polar surface area (TPSA) is 67.6 Å². The Bertz CT molecular complexity index is 211. The van der Waals surface area contributed by atoms with Crippen molar-refractivity contribution >= 4 is 5.97 Å². The van der Waals surface area contributed by atoms with Crippen LogP contribution in [0.3, 0.4) is 0 Å². The fraction of sp³-hybridized carbons (Fsp3) is 0.778. The minimum absolute atomic E-state index is 0.00944. The molecule has 0 aromatic heterocycles. The molecular weight excluding hydrogens is 182 g/mol. The van der Waals surface area contributed by atoms with Gasteiger partial charge in [-0.25, -0.2) is 0 Å². The third-order valence-electron chi connectivity index (χ3n) is 1.76. The van der Waals surface area contributed by atoms with E-state index in [-0.39, 0.29) is 6.54 Å². The normalized spacial score (nSPS) is 10.5. The molecule has 0 spiro atoms. The quantitative estimate of drug-likeness (QED) is 0.617. The van der Waals surface area contributed by atoms with Gasteiger partial charge in [0.2, 0.25) is 0 Å². The maximum absolute atomic E-state index is 10.5. The van der Waals surface area contributed by atoms with Crippen molar-refractivity contribution in [3.05, 3.63) is 0 Å². The molecule has 0 atom stereocenters. The van der Waals surface area contributed by atoms with E-state index in [1.54, 1.807) is 4.90 Å². The zero-order valence-corrected chi connectivity index (χ0v) is 8.73. The Hall–Kier alpha value is -1.12. The highest BCUT2D eigenvalue weighted by atomic mass is 16.4. The van der Waals surface area contributed by atoms with E-state index in [1.807, 2.05) is 25.1 Å². The zero-order valence-electron chi connectivity index (χ0n) is 8.73. The number of rotatable bonds is 7. The van der Waals surface area contributed by atoms with E-state index >= 15 is 0 Å². The first kappa shape index (κ1) is 12.9. The molecule has 80 valence electrons. The lowest BCUT2D eigenvalue weighted by molar-refractivity contribution is -0.138. The maximum Gasteiger partial charge on any atom is 0.317 e. The van der Waals surface area contributed by atoms with Crippen LogP contribution in [0.2, 0.25) is 0 Å². The van der Waals surface area contributed by atoms with Crippen molar-refractivity contribution in [1.29, 1.82) is 5.26 Å². The van der Waals surface area contributed by atoms with Crippen molar-refractivity contribution in [2.75, 3.05) is 40.3 Å². The van der Waals surface area contributed by atoms with Gasteiger partial charge in [-0.3, -0.25) is 9.69 Å². The molecule has 0 aromatic rings. The van der Waals surface area contributed by atoms with Crippen LogP contribution in [-0.2, 0) is 4.79 Å². The van der Waals surface area contributed by atoms with Gasteiger partial charge in [-0.1, -0.05) is 0 Å². The largest absolute Gasteiger partial charge is 0.480 e. The van der Waals surface area contributed by atoms with Crippen LogP contribution in [0.25, 0.3) is 0 Å². The van der Waals surface area contributed by atoms with E-state index < -0.39 is 5.97 Å². The van der Waals surface area contributed by atoms with E-state index in [0.717, 1.165) is 6.54 Å². The Morgan fingerprint density at radius 1 is 1.36 bits per heavy atom. The Morgan fingerprint density at radius 2 is 2.00 bits per heavy atom. The maximum atomic E-state index is 10.5. The predicted octanol–water partition coefficient (Wildman–Crippen LogP) is -0.152. The molecule has 0 unspecified atom stereocenters. The summed E-state index contributed by atoms with van der Waals surface area (Å²) in [5, 5.41) is 17.0. The van der Waals surface area contributed by atoms with Gasteiger partial charge in [0.15, 0.2) is 0 Å². The second-order valence-electron chi connectivity index (χ2n) is 3.38. The molecule has 14 heavy (non-hydrogen) atoms. The van der Waals surface area contributed by atoms with Gasteiger partial charge in [0.05, 0.1) is 12.6 Å². The van der Waals surface area contributed by atoms with Crippen LogP contribution in [0.1, 0.15) is 6.42 Å². The molecular formula is C9H17N3O2. The van der Waals surface area contributed by atoms with Gasteiger partial charge in [-0.15, -0.1) is 0 Å². The lowest BCUT2D eigenvalue weighted by atomic mass is 10.3. The first-order valence-electron chi connectivity index (χ1n) is 4.52. The summed E-state index contributed by atoms with van der Waals surface area (Å²) in [6.07, 6.45) is 0.376. The van der Waals surface area contributed by atoms with E-state index in [0.29, 0.717) is 19.5 Å². The first-order valence-corrected chi connectivity index (χ1v) is 4.52. The molecule has 5 nitrogen and oxygen atoms in total. The van der Waals surface area contributed by atoms with Crippen LogP contribution in [0.5, 0.6) is 0 Å². The fourth-order valence-electron chi connectivity index (χ4n) is 1.01. The minimum Gasteiger partial charge on any atom is -0.480 e. The van der Waals surface area contributed by atoms with E-state index in [1.165, 1.54) is 0 Å². The van der Waals surface area contributed by atoms with Crippen LogP contribution >= 0.6 is 0 Å². The number of nitrogens with zero attached hydrogens (tertiary/aromatic N) is 3. The number of likely N-dealkylation sites (N-methyl/N-ethyl adjacent to an activating group) is 1. The molecule has 0 bridgehead atoms. The summed E-state index contributed by atoms with van der Waals surface area (Å²) >= 11 is 0. The summed E-state index contributed by atoms with van der Waals surface area (Å²) in [5.41, 5.74) is 0. The summed E-state index contributed by atoms with van der Waals surface area (Å²) in [6.45, 7) is 2.02. The third-order valence-corrected chi connectivity index (χ3v) is 1.76. The van der Waals surface area contributed by atoms with Crippen LogP contribution < -0.4 is 0 Å². The Labute approximate surface area is 84.5 Å². The number of hydrogen-bond donors (Lipinski definition) is 1. The van der Waals surface area contributed by atoms with Gasteiger partial charge in [-0.2, -0.15) is 5.26 Å². The number of nitriles is 1. The highest BCUT2D eigenvalue weighted by Crippen LogP contribution is 1.91. The van der Waals surface area contributed by atoms with Gasteiger partial charge < -0.3 is 10.0 Å². The van der Waals surface area contributed by atoms with E-state index in [9.17, 15) is 4.79 Å². The second-order valence-corrected chi connectivity index (χ2v) is 3.38. The van der Waals surface area contributed by atoms with Gasteiger partial charge in [0, 0.05) is 26.1 Å². The number of hydrogen-bond acceptors (Lipinski definition) is 4. The molecule has 0 rings (SSSR count). The Balaban J connectivity index is 3.85. The predicted molar refractivity (Wildman–Crippen MR) is 52.9 cm³/mol. The summed E-state index contributed by atoms with van der Waals surface area (Å²) < 4.78 is 0. The summed E-state index contributed by atoms with van der Waals surface area (Å²) in [6, 6.07) is 2.01. The molecule has 0 aliphatic rings. The Morgan fingerprint density at radius 3 is 2.43 bits per heavy atom. The average molecular weight is 199 g/mol. The van der Waals surface area contributed by atoms with Crippen molar-refractivity contribution in [3.8, 4) is 6.07 Å². The first-order chi connectivity index (χ1) is 6.56. The van der Waals surface area contributed by atoms with Crippen molar-refractivity contribution < 1.29 is 9.90 Å². The van der Waals surface area contributed by atoms with Crippen molar-refractivity contribution in [3.63, 3.8) is 0 Å². The zero-order chi connectivity index (χ0) is 11.0. The van der Waals surface area contributed by atoms with Crippen LogP contribution in [0.4, 0.5) is 0 Å². The molecule has 0 radical (unpaired) electrons. The van der Waals surface area contributed by atoms with E-state index in [4.69, 9.17) is 10.4 Å². The smallest absolute Gasteiger partial charge is 0.317 e. The van der Waals surface area contributed by atoms with Gasteiger partial charge in [0.1, 0.15) is 0 Å². The summed E-state index contributed by atoms with van der Waals surface area (Å²) in [4.78, 5) is 14.2. The van der Waals surface area contributed by atoms with Crippen LogP contribution in [0.15, 0.2) is 0 Å². The molecule has 0 saturated carbocycles. The molecule has 0 aliphatic heterocycles. The van der Waals surface area contributed by atoms with Crippen molar-refractivity contribution in [1.82, 2.24) is 9.80 Å². The Kier molecular flexibility index (Phi) is 6.72. The highest BCUT2D eigenvalue weighted by molar-refractivity contribution is 5.69. The summed E-state index contributed by atoms with van der Waals surface area (Å²) in [7, 11) is 3.87. The molecule has 0 aliphatic carbocycles. The van der Waals surface area contributed by atoms with Crippen LogP contribution in [-0.4, -0.2) is 61.2 Å². The minimum atomic E-state index is -0.846. The molecule has 0 heterocycles. The molecule has 1 N–H and O–H groups in total. The van der Waals surface area contributed by atoms with Crippen molar-refractivity contribution in [2.24, 2.45) is 0 Å². The molecule has 5 heteroatoms. The fourth-order valence-corrected chi connectivity index (χ4v) is 1.01. The standard InChI is InChI=1S/C9H17N3O2/c1-11(2)6-7-12(5-3-4-10)8-9(13)14/h3,5-8H2,1-2H3,(H,13,14). The lowest BCUT2D eigenvalue weighted by Gasteiger charge is -2.20. The van der Waals surface area contributed by atoms with Gasteiger partial charge in [-0.05, 0) is 14.1 Å². The lowest BCUT2D eigenvalue weighted by Crippen LogP contribution is -2.36. The molecule has 0 saturated heterocycles. The van der Waals surface area contributed by atoms with Gasteiger partial charge >= 0.3 is 5.97 Å². The monoisotopic (exact) mass is 199 g/mol. The molecule has 0 amide bonds. The number of carboxylic acids is 1. The number of carbonyl (C=O) groups is 1. The average Bonchev–Trinajstić information content (AvgIpc) is 2.09. The number of aliphatic carboxylic acids is 1. The SMILES string of the molecule is CN(C)CCN(CCC#N)CC(=O)O. The van der Waals surface area contributed by atoms with Gasteiger partial charge in [0.25, 0.3) is 0 Å². The second kappa shape index (κ2) is 7.30. The van der Waals surface area contributed by atoms with Crippen molar-refractivity contribution in [2.45, 2.75) is 6.42 Å². The summed E-state index contributed by atoms with van der Waals surface area (Å²) in [5.74, 6) is -0.846. The highest BCUT2D eigenvalue weighted by Gasteiger charge is 2.08. The molecule has 0 aromatic carbocycles. The third kappa shape index (κ3) is 7.53. The number of carboxylic acid groups (broad SMARTS) is 1. The molecule has 0 fully saturated rings. The van der Waals surface area contributed by atoms with E-state index in [2.05, 4.69) is 0 Å². The van der Waals surface area contributed by atoms with Crippen LogP contribution in [0, 0.1) is 11.3 Å².